The third-order valence-electron chi connectivity index (χ3n) is 2.81. The molecule has 0 saturated heterocycles. The molecule has 0 aromatic carbocycles. The SMILES string of the molecule is Cl.Cn1ccc(NC(=O)C2CCC(N)C2)n1. The van der Waals surface area contributed by atoms with E-state index in [1.165, 1.54) is 0 Å². The van der Waals surface area contributed by atoms with Gasteiger partial charge in [0.25, 0.3) is 0 Å². The van der Waals surface area contributed by atoms with Crippen LogP contribution in [0.5, 0.6) is 0 Å². The Balaban J connectivity index is 0.00000128. The minimum atomic E-state index is 0. The number of nitrogens with one attached hydrogen (secondary N) is 1. The van der Waals surface area contributed by atoms with Crippen molar-refractivity contribution < 1.29 is 4.79 Å². The van der Waals surface area contributed by atoms with Gasteiger partial charge in [0.1, 0.15) is 0 Å². The van der Waals surface area contributed by atoms with Crippen molar-refractivity contribution in [3.05, 3.63) is 12.3 Å². The molecule has 1 fully saturated rings. The standard InChI is InChI=1S/C10H16N4O.ClH/c1-14-5-4-9(13-14)12-10(15)7-2-3-8(11)6-7;/h4-5,7-8H,2-3,6,11H2,1H3,(H,12,13,15);1H. The van der Waals surface area contributed by atoms with Crippen LogP contribution in [-0.2, 0) is 11.8 Å². The van der Waals surface area contributed by atoms with Gasteiger partial charge in [-0.15, -0.1) is 12.4 Å². The third kappa shape index (κ3) is 2.96. The number of hydrogen-bond acceptors (Lipinski definition) is 3. The summed E-state index contributed by atoms with van der Waals surface area (Å²) in [4.78, 5) is 11.8. The van der Waals surface area contributed by atoms with Gasteiger partial charge in [-0.25, -0.2) is 0 Å². The van der Waals surface area contributed by atoms with Crippen molar-refractivity contribution >= 4 is 24.1 Å². The lowest BCUT2D eigenvalue weighted by Gasteiger charge is -2.08. The number of carbonyl (C=O) groups excluding carboxylic acids is 1. The van der Waals surface area contributed by atoms with E-state index in [1.54, 1.807) is 16.9 Å². The average molecular weight is 245 g/mol. The van der Waals surface area contributed by atoms with E-state index in [2.05, 4.69) is 10.4 Å². The van der Waals surface area contributed by atoms with Gasteiger partial charge in [-0.1, -0.05) is 0 Å². The van der Waals surface area contributed by atoms with Crippen molar-refractivity contribution in [2.24, 2.45) is 18.7 Å². The molecule has 1 aliphatic carbocycles. The summed E-state index contributed by atoms with van der Waals surface area (Å²) in [5, 5.41) is 6.89. The van der Waals surface area contributed by atoms with E-state index in [0.29, 0.717) is 5.82 Å². The molecule has 0 radical (unpaired) electrons. The highest BCUT2D eigenvalue weighted by Crippen LogP contribution is 2.25. The first-order valence-corrected chi connectivity index (χ1v) is 5.21. The van der Waals surface area contributed by atoms with Crippen LogP contribution in [0.25, 0.3) is 0 Å². The van der Waals surface area contributed by atoms with Crippen molar-refractivity contribution in [1.82, 2.24) is 9.78 Å². The van der Waals surface area contributed by atoms with Gasteiger partial charge >= 0.3 is 0 Å². The average Bonchev–Trinajstić information content (AvgIpc) is 2.75. The molecular weight excluding hydrogens is 228 g/mol. The Morgan fingerprint density at radius 3 is 2.88 bits per heavy atom. The quantitative estimate of drug-likeness (QED) is 0.812. The zero-order valence-electron chi connectivity index (χ0n) is 9.22. The molecule has 3 N–H and O–H groups in total. The second-order valence-electron chi connectivity index (χ2n) is 4.13. The number of aromatic nitrogens is 2. The van der Waals surface area contributed by atoms with Crippen LogP contribution in [0.2, 0.25) is 0 Å². The normalized spacial score (nSPS) is 23.9. The maximum absolute atomic E-state index is 11.8. The van der Waals surface area contributed by atoms with Crippen LogP contribution in [0.1, 0.15) is 19.3 Å². The number of nitrogens with zero attached hydrogens (tertiary/aromatic N) is 2. The molecule has 6 heteroatoms. The van der Waals surface area contributed by atoms with Crippen molar-refractivity contribution in [3.63, 3.8) is 0 Å². The number of nitrogens with two attached hydrogens (primary N) is 1. The highest BCUT2D eigenvalue weighted by molar-refractivity contribution is 5.91. The molecule has 1 amide bonds. The zero-order chi connectivity index (χ0) is 10.8. The van der Waals surface area contributed by atoms with Crippen molar-refractivity contribution in [1.29, 1.82) is 0 Å². The van der Waals surface area contributed by atoms with E-state index in [0.717, 1.165) is 19.3 Å². The highest BCUT2D eigenvalue weighted by atomic mass is 35.5. The van der Waals surface area contributed by atoms with Crippen LogP contribution in [0.15, 0.2) is 12.3 Å². The first-order chi connectivity index (χ1) is 7.15. The Kier molecular flexibility index (Phi) is 4.32. The fourth-order valence-corrected chi connectivity index (χ4v) is 1.96. The maximum Gasteiger partial charge on any atom is 0.228 e. The van der Waals surface area contributed by atoms with Gasteiger partial charge in [0, 0.05) is 31.3 Å². The topological polar surface area (TPSA) is 72.9 Å². The van der Waals surface area contributed by atoms with Gasteiger partial charge in [-0.3, -0.25) is 9.48 Å². The number of hydrogen-bond donors (Lipinski definition) is 2. The van der Waals surface area contributed by atoms with Gasteiger partial charge in [0.15, 0.2) is 5.82 Å². The molecule has 0 bridgehead atoms. The Hall–Kier alpha value is -1.07. The van der Waals surface area contributed by atoms with Crippen LogP contribution in [0, 0.1) is 5.92 Å². The van der Waals surface area contributed by atoms with Crippen LogP contribution < -0.4 is 11.1 Å². The second kappa shape index (κ2) is 5.32. The third-order valence-corrected chi connectivity index (χ3v) is 2.81. The number of carbonyl (C=O) groups is 1. The molecule has 2 unspecified atom stereocenters. The van der Waals surface area contributed by atoms with Gasteiger partial charge in [0.05, 0.1) is 0 Å². The van der Waals surface area contributed by atoms with E-state index < -0.39 is 0 Å². The molecule has 1 aromatic heterocycles. The van der Waals surface area contributed by atoms with Crippen molar-refractivity contribution in [2.75, 3.05) is 5.32 Å². The predicted octanol–water partition coefficient (Wildman–Crippen LogP) is 0.908. The van der Waals surface area contributed by atoms with Crippen LogP contribution in [0.3, 0.4) is 0 Å². The number of amides is 1. The largest absolute Gasteiger partial charge is 0.328 e. The summed E-state index contributed by atoms with van der Waals surface area (Å²) < 4.78 is 1.66. The van der Waals surface area contributed by atoms with Gasteiger partial charge in [-0.05, 0) is 19.3 Å². The molecule has 2 atom stereocenters. The van der Waals surface area contributed by atoms with E-state index in [-0.39, 0.29) is 30.3 Å². The number of rotatable bonds is 2. The molecule has 5 nitrogen and oxygen atoms in total. The zero-order valence-corrected chi connectivity index (χ0v) is 10.0. The highest BCUT2D eigenvalue weighted by Gasteiger charge is 2.27. The summed E-state index contributed by atoms with van der Waals surface area (Å²) in [6.07, 6.45) is 4.43. The fraction of sp³-hybridized carbons (Fsp3) is 0.600. The summed E-state index contributed by atoms with van der Waals surface area (Å²) in [5.41, 5.74) is 5.76. The number of anilines is 1. The Labute approximate surface area is 101 Å². The predicted molar refractivity (Wildman–Crippen MR) is 64.4 cm³/mol. The molecule has 1 heterocycles. The van der Waals surface area contributed by atoms with Crippen molar-refractivity contribution in [2.45, 2.75) is 25.3 Å². The van der Waals surface area contributed by atoms with Gasteiger partial charge in [0.2, 0.25) is 5.91 Å². The monoisotopic (exact) mass is 244 g/mol. The molecular formula is C10H17ClN4O. The molecule has 16 heavy (non-hydrogen) atoms. The summed E-state index contributed by atoms with van der Waals surface area (Å²) in [6.45, 7) is 0. The fourth-order valence-electron chi connectivity index (χ4n) is 1.96. The van der Waals surface area contributed by atoms with Crippen LogP contribution in [0.4, 0.5) is 5.82 Å². The van der Waals surface area contributed by atoms with Crippen LogP contribution >= 0.6 is 12.4 Å². The summed E-state index contributed by atoms with van der Waals surface area (Å²) >= 11 is 0. The van der Waals surface area contributed by atoms with E-state index in [4.69, 9.17) is 5.73 Å². The summed E-state index contributed by atoms with van der Waals surface area (Å²) in [5.74, 6) is 0.714. The molecule has 1 saturated carbocycles. The van der Waals surface area contributed by atoms with Gasteiger partial charge < -0.3 is 11.1 Å². The molecule has 90 valence electrons. The molecule has 0 aliphatic heterocycles. The molecule has 1 aromatic rings. The number of aryl methyl sites for hydroxylation is 1. The van der Waals surface area contributed by atoms with Gasteiger partial charge in [-0.2, -0.15) is 5.10 Å². The minimum Gasteiger partial charge on any atom is -0.328 e. The first-order valence-electron chi connectivity index (χ1n) is 5.21. The molecule has 1 aliphatic rings. The molecule has 2 rings (SSSR count). The Morgan fingerprint density at radius 1 is 1.62 bits per heavy atom. The number of halogens is 1. The maximum atomic E-state index is 11.8. The Bertz CT molecular complexity index is 365. The lowest BCUT2D eigenvalue weighted by Crippen LogP contribution is -2.23. The van der Waals surface area contributed by atoms with E-state index in [9.17, 15) is 4.79 Å². The summed E-state index contributed by atoms with van der Waals surface area (Å²) in [6, 6.07) is 1.97. The smallest absolute Gasteiger partial charge is 0.228 e. The minimum absolute atomic E-state index is 0. The first kappa shape index (κ1) is 13.0. The lowest BCUT2D eigenvalue weighted by atomic mass is 10.1. The van der Waals surface area contributed by atoms with Crippen molar-refractivity contribution in [3.8, 4) is 0 Å². The van der Waals surface area contributed by atoms with Crippen LogP contribution in [-0.4, -0.2) is 21.7 Å². The van der Waals surface area contributed by atoms with E-state index in [1.807, 2.05) is 7.05 Å². The lowest BCUT2D eigenvalue weighted by molar-refractivity contribution is -0.119. The second-order valence-corrected chi connectivity index (χ2v) is 4.13. The summed E-state index contributed by atoms with van der Waals surface area (Å²) in [7, 11) is 1.82. The Morgan fingerprint density at radius 2 is 2.38 bits per heavy atom. The van der Waals surface area contributed by atoms with E-state index >= 15 is 0 Å². The molecule has 0 spiro atoms.